The van der Waals surface area contributed by atoms with E-state index in [0.717, 1.165) is 16.3 Å². The normalized spacial score (nSPS) is 12.3. The second kappa shape index (κ2) is 5.03. The highest BCUT2D eigenvalue weighted by Crippen LogP contribution is 2.24. The van der Waals surface area contributed by atoms with Crippen LogP contribution in [0.3, 0.4) is 0 Å². The molecule has 5 nitrogen and oxygen atoms in total. The van der Waals surface area contributed by atoms with E-state index in [9.17, 15) is 13.5 Å². The minimum absolute atomic E-state index is 0.0989. The Hall–Kier alpha value is -1.79. The molecule has 0 saturated heterocycles. The van der Waals surface area contributed by atoms with Crippen LogP contribution in [0.25, 0.3) is 10.9 Å². The van der Waals surface area contributed by atoms with Crippen molar-refractivity contribution in [2.24, 2.45) is 0 Å². The number of hydrogen-bond acceptors (Lipinski definition) is 4. The third-order valence-electron chi connectivity index (χ3n) is 2.23. The Bertz CT molecular complexity index is 636. The number of benzene rings is 1. The first-order valence-electron chi connectivity index (χ1n) is 4.97. The topological polar surface area (TPSA) is 79.4 Å². The number of fused-ring (bicyclic) bond motifs is 1. The summed E-state index contributed by atoms with van der Waals surface area (Å²) in [5.41, 5.74) is 0.924. The number of rotatable bonds is 4. The Labute approximate surface area is 99.2 Å². The SMILES string of the molecule is O=S(=O)=CC(O)COc1cccc2[nH]ccc12. The fourth-order valence-electron chi connectivity index (χ4n) is 1.53. The molecule has 90 valence electrons. The number of aliphatic hydroxyl groups is 1. The van der Waals surface area contributed by atoms with E-state index in [2.05, 4.69) is 4.98 Å². The van der Waals surface area contributed by atoms with Crippen LogP contribution in [0.15, 0.2) is 30.5 Å². The molecule has 0 aliphatic rings. The van der Waals surface area contributed by atoms with Crippen molar-refractivity contribution in [3.05, 3.63) is 30.5 Å². The van der Waals surface area contributed by atoms with Gasteiger partial charge in [-0.25, -0.2) is 0 Å². The van der Waals surface area contributed by atoms with Gasteiger partial charge < -0.3 is 14.8 Å². The van der Waals surface area contributed by atoms with E-state index in [-0.39, 0.29) is 6.61 Å². The van der Waals surface area contributed by atoms with Crippen LogP contribution in [0.2, 0.25) is 0 Å². The summed E-state index contributed by atoms with van der Waals surface area (Å²) in [4.78, 5) is 3.03. The van der Waals surface area contributed by atoms with Crippen molar-refractivity contribution >= 4 is 26.6 Å². The van der Waals surface area contributed by atoms with Crippen LogP contribution < -0.4 is 4.74 Å². The minimum Gasteiger partial charge on any atom is -0.490 e. The Morgan fingerprint density at radius 2 is 2.24 bits per heavy atom. The maximum Gasteiger partial charge on any atom is 0.212 e. The van der Waals surface area contributed by atoms with Gasteiger partial charge in [0, 0.05) is 17.1 Å². The van der Waals surface area contributed by atoms with E-state index in [1.807, 2.05) is 18.2 Å². The quantitative estimate of drug-likeness (QED) is 0.781. The number of aliphatic hydroxyl groups excluding tert-OH is 1. The standard InChI is InChI=1S/C11H11NO4S/c13-8(7-17(14)15)6-16-11-3-1-2-10-9(11)4-5-12-10/h1-5,7-8,12-13H,6H2. The molecule has 2 rings (SSSR count). The molecular formula is C11H11NO4S. The zero-order valence-corrected chi connectivity index (χ0v) is 9.65. The van der Waals surface area contributed by atoms with Gasteiger partial charge in [-0.1, -0.05) is 6.07 Å². The first-order valence-corrected chi connectivity index (χ1v) is 6.10. The molecule has 17 heavy (non-hydrogen) atoms. The lowest BCUT2D eigenvalue weighted by molar-refractivity contribution is 0.164. The molecule has 0 radical (unpaired) electrons. The molecule has 2 N–H and O–H groups in total. The Kier molecular flexibility index (Phi) is 3.46. The van der Waals surface area contributed by atoms with Gasteiger partial charge in [-0.2, -0.15) is 8.42 Å². The zero-order valence-electron chi connectivity index (χ0n) is 8.83. The highest BCUT2D eigenvalue weighted by atomic mass is 32.2. The highest BCUT2D eigenvalue weighted by Gasteiger charge is 2.05. The predicted octanol–water partition coefficient (Wildman–Crippen LogP) is 0.589. The smallest absolute Gasteiger partial charge is 0.212 e. The van der Waals surface area contributed by atoms with Crippen LogP contribution >= 0.6 is 0 Å². The van der Waals surface area contributed by atoms with Gasteiger partial charge in [0.25, 0.3) is 0 Å². The van der Waals surface area contributed by atoms with Crippen LogP contribution in [0.1, 0.15) is 0 Å². The summed E-state index contributed by atoms with van der Waals surface area (Å²) < 4.78 is 26.0. The van der Waals surface area contributed by atoms with Crippen molar-refractivity contribution in [1.82, 2.24) is 4.98 Å². The summed E-state index contributed by atoms with van der Waals surface area (Å²) >= 11 is 0. The molecule has 1 atom stereocenters. The van der Waals surface area contributed by atoms with Gasteiger partial charge >= 0.3 is 0 Å². The first-order chi connectivity index (χ1) is 8.16. The van der Waals surface area contributed by atoms with Gasteiger partial charge in [0.1, 0.15) is 18.5 Å². The highest BCUT2D eigenvalue weighted by molar-refractivity contribution is 7.71. The van der Waals surface area contributed by atoms with Crippen molar-refractivity contribution < 1.29 is 18.3 Å². The largest absolute Gasteiger partial charge is 0.490 e. The second-order valence-corrected chi connectivity index (χ2v) is 4.26. The van der Waals surface area contributed by atoms with Gasteiger partial charge in [-0.3, -0.25) is 0 Å². The average Bonchev–Trinajstić information content (AvgIpc) is 2.73. The second-order valence-electron chi connectivity index (χ2n) is 3.47. The van der Waals surface area contributed by atoms with E-state index in [1.165, 1.54) is 0 Å². The van der Waals surface area contributed by atoms with Crippen LogP contribution in [0.5, 0.6) is 5.75 Å². The molecule has 0 spiro atoms. The lowest BCUT2D eigenvalue weighted by Crippen LogP contribution is -2.19. The maximum atomic E-state index is 10.3. The molecule has 2 aromatic rings. The molecule has 0 aliphatic heterocycles. The number of aromatic nitrogens is 1. The van der Waals surface area contributed by atoms with Crippen molar-refractivity contribution in [1.29, 1.82) is 0 Å². The van der Waals surface area contributed by atoms with E-state index < -0.39 is 16.4 Å². The van der Waals surface area contributed by atoms with Crippen molar-refractivity contribution in [2.45, 2.75) is 6.10 Å². The van der Waals surface area contributed by atoms with E-state index in [4.69, 9.17) is 4.74 Å². The molecule has 6 heteroatoms. The molecule has 0 bridgehead atoms. The lowest BCUT2D eigenvalue weighted by atomic mass is 10.2. The van der Waals surface area contributed by atoms with E-state index in [0.29, 0.717) is 5.75 Å². The van der Waals surface area contributed by atoms with Crippen molar-refractivity contribution in [3.63, 3.8) is 0 Å². The zero-order chi connectivity index (χ0) is 12.3. The summed E-state index contributed by atoms with van der Waals surface area (Å²) in [5, 5.41) is 11.0. The van der Waals surface area contributed by atoms with Crippen molar-refractivity contribution in [2.75, 3.05) is 6.61 Å². The first kappa shape index (κ1) is 11.7. The van der Waals surface area contributed by atoms with Crippen molar-refractivity contribution in [3.8, 4) is 5.75 Å². The van der Waals surface area contributed by atoms with Gasteiger partial charge in [0.05, 0.1) is 5.37 Å². The monoisotopic (exact) mass is 253 g/mol. The molecule has 1 aromatic heterocycles. The summed E-state index contributed by atoms with van der Waals surface area (Å²) in [5.74, 6) is 0.605. The summed E-state index contributed by atoms with van der Waals surface area (Å²) in [6.07, 6.45) is 0.648. The average molecular weight is 253 g/mol. The van der Waals surface area contributed by atoms with Gasteiger partial charge in [-0.05, 0) is 18.2 Å². The molecule has 1 unspecified atom stereocenters. The summed E-state index contributed by atoms with van der Waals surface area (Å²) in [7, 11) is -2.38. The van der Waals surface area contributed by atoms with Crippen LogP contribution in [0.4, 0.5) is 0 Å². The maximum absolute atomic E-state index is 10.3. The minimum atomic E-state index is -2.38. The third kappa shape index (κ3) is 2.86. The number of H-pyrrole nitrogens is 1. The van der Waals surface area contributed by atoms with E-state index >= 15 is 0 Å². The van der Waals surface area contributed by atoms with Crippen LogP contribution in [-0.2, 0) is 10.3 Å². The number of nitrogens with one attached hydrogen (secondary N) is 1. The molecule has 0 amide bonds. The predicted molar refractivity (Wildman–Crippen MR) is 64.8 cm³/mol. The van der Waals surface area contributed by atoms with Gasteiger partial charge in [0.2, 0.25) is 10.3 Å². The molecule has 0 fully saturated rings. The fraction of sp³-hybridized carbons (Fsp3) is 0.182. The van der Waals surface area contributed by atoms with Crippen LogP contribution in [0, 0.1) is 0 Å². The van der Waals surface area contributed by atoms with Crippen LogP contribution in [-0.4, -0.2) is 36.6 Å². The Morgan fingerprint density at radius 3 is 3.00 bits per heavy atom. The number of hydrogen-bond donors (Lipinski definition) is 2. The number of aromatic amines is 1. The number of ether oxygens (including phenoxy) is 1. The van der Waals surface area contributed by atoms with Gasteiger partial charge in [-0.15, -0.1) is 0 Å². The van der Waals surface area contributed by atoms with Gasteiger partial charge in [0.15, 0.2) is 0 Å². The molecule has 1 heterocycles. The fourth-order valence-corrected chi connectivity index (χ4v) is 1.86. The molecule has 0 aliphatic carbocycles. The molecule has 0 saturated carbocycles. The Morgan fingerprint density at radius 1 is 1.41 bits per heavy atom. The lowest BCUT2D eigenvalue weighted by Gasteiger charge is -2.08. The van der Waals surface area contributed by atoms with E-state index in [1.54, 1.807) is 12.3 Å². The third-order valence-corrected chi connectivity index (χ3v) is 2.77. The summed E-state index contributed by atoms with van der Waals surface area (Å²) in [6, 6.07) is 7.33. The molecular weight excluding hydrogens is 242 g/mol. The molecule has 1 aromatic carbocycles. The Balaban J connectivity index is 2.14. The summed E-state index contributed by atoms with van der Waals surface area (Å²) in [6.45, 7) is -0.0989.